The number of aliphatic hydroxyl groups excluding tert-OH is 2. The number of ether oxygens (including phenoxy) is 3. The normalized spacial score (nSPS) is 19.7. The van der Waals surface area contributed by atoms with Crippen LogP contribution in [0.5, 0.6) is 0 Å². The van der Waals surface area contributed by atoms with Crippen molar-refractivity contribution in [1.82, 2.24) is 5.32 Å². The van der Waals surface area contributed by atoms with E-state index in [1.54, 1.807) is 0 Å². The number of hydrogen-bond donors (Lipinski definition) is 4. The van der Waals surface area contributed by atoms with E-state index >= 15 is 0 Å². The van der Waals surface area contributed by atoms with Crippen LogP contribution in [0.4, 0.5) is 0 Å². The van der Waals surface area contributed by atoms with Gasteiger partial charge in [-0.15, -0.1) is 4.33 Å². The van der Waals surface area contributed by atoms with Crippen LogP contribution in [0, 0.1) is 0 Å². The molecule has 1 saturated heterocycles. The van der Waals surface area contributed by atoms with Crippen molar-refractivity contribution < 1.29 is 57.6 Å². The first-order chi connectivity index (χ1) is 28.3. The molecule has 1 aliphatic heterocycles. The minimum Gasteiger partial charge on any atom is -0.462 e. The third kappa shape index (κ3) is 20.7. The van der Waals surface area contributed by atoms with Crippen molar-refractivity contribution in [2.75, 3.05) is 6.61 Å². The molecular formula is C44H67NO12S. The minimum atomic E-state index is -1.70. The zero-order valence-corrected chi connectivity index (χ0v) is 35.0. The summed E-state index contributed by atoms with van der Waals surface area (Å²) in [6.07, 6.45) is 11.8. The van der Waals surface area contributed by atoms with Gasteiger partial charge in [-0.1, -0.05) is 150 Å². The third-order valence-electron chi connectivity index (χ3n) is 10.4. The van der Waals surface area contributed by atoms with Gasteiger partial charge in [0.25, 0.3) is 0 Å². The van der Waals surface area contributed by atoms with E-state index in [-0.39, 0.29) is 37.6 Å². The van der Waals surface area contributed by atoms with Crippen molar-refractivity contribution >= 4 is 30.2 Å². The molecule has 58 heavy (non-hydrogen) atoms. The van der Waals surface area contributed by atoms with Gasteiger partial charge < -0.3 is 29.7 Å². The van der Waals surface area contributed by atoms with Gasteiger partial charge in [0, 0.05) is 12.8 Å². The number of hydrogen-bond acceptors (Lipinski definition) is 13. The van der Waals surface area contributed by atoms with E-state index < -0.39 is 55.2 Å². The first kappa shape index (κ1) is 49.3. The molecular weight excluding hydrogens is 767 g/mol. The lowest BCUT2D eigenvalue weighted by molar-refractivity contribution is -0.435. The van der Waals surface area contributed by atoms with Gasteiger partial charge in [-0.05, 0) is 49.7 Å². The van der Waals surface area contributed by atoms with E-state index in [2.05, 4.69) is 45.9 Å². The van der Waals surface area contributed by atoms with Crippen molar-refractivity contribution in [1.29, 1.82) is 0 Å². The number of rotatable bonds is 32. The van der Waals surface area contributed by atoms with Gasteiger partial charge >= 0.3 is 11.9 Å². The molecule has 0 aliphatic carbocycles. The molecule has 1 unspecified atom stereocenters. The summed E-state index contributed by atoms with van der Waals surface area (Å²) in [6, 6.07) is 18.4. The molecule has 1 amide bonds. The monoisotopic (exact) mass is 833 g/mol. The van der Waals surface area contributed by atoms with Crippen LogP contribution in [0.1, 0.15) is 140 Å². The maximum atomic E-state index is 13.7. The van der Waals surface area contributed by atoms with Crippen LogP contribution in [0.15, 0.2) is 60.7 Å². The second-order valence-electron chi connectivity index (χ2n) is 15.1. The number of benzene rings is 2. The Morgan fingerprint density at radius 1 is 0.741 bits per heavy atom. The highest BCUT2D eigenvalue weighted by Gasteiger charge is 2.49. The van der Waals surface area contributed by atoms with Crippen molar-refractivity contribution in [2.24, 2.45) is 0 Å². The van der Waals surface area contributed by atoms with E-state index in [9.17, 15) is 24.6 Å². The molecule has 13 nitrogen and oxygen atoms in total. The molecule has 2 aromatic rings. The van der Waals surface area contributed by atoms with E-state index in [1.165, 1.54) is 37.7 Å². The summed E-state index contributed by atoms with van der Waals surface area (Å²) in [5.74, 6) is -1.57. The van der Waals surface area contributed by atoms with Crippen molar-refractivity contribution in [3.63, 3.8) is 0 Å². The van der Waals surface area contributed by atoms with Crippen LogP contribution < -0.4 is 5.32 Å². The average molecular weight is 834 g/mol. The summed E-state index contributed by atoms with van der Waals surface area (Å²) in [4.78, 5) is 39.9. The summed E-state index contributed by atoms with van der Waals surface area (Å²) < 4.78 is 27.1. The molecule has 0 aromatic heterocycles. The molecule has 0 saturated carbocycles. The molecule has 0 radical (unpaired) electrons. The molecule has 1 heterocycles. The van der Waals surface area contributed by atoms with Crippen LogP contribution in [0.25, 0.3) is 0 Å². The van der Waals surface area contributed by atoms with Gasteiger partial charge in [0.1, 0.15) is 24.4 Å². The molecule has 4 N–H and O–H groups in total. The second kappa shape index (κ2) is 30.9. The Morgan fingerprint density at radius 3 is 1.95 bits per heavy atom. The second-order valence-corrected chi connectivity index (χ2v) is 15.6. The molecule has 0 spiro atoms. The van der Waals surface area contributed by atoms with Gasteiger partial charge in [0.15, 0.2) is 24.7 Å². The Balaban J connectivity index is 1.58. The number of carbonyl (C=O) groups excluding carboxylic acids is 3. The lowest BCUT2D eigenvalue weighted by Crippen LogP contribution is -2.65. The predicted molar refractivity (Wildman–Crippen MR) is 221 cm³/mol. The smallest absolute Gasteiger partial charge is 0.306 e. The van der Waals surface area contributed by atoms with E-state index in [0.29, 0.717) is 19.3 Å². The Hall–Kier alpha value is -3.08. The number of carbonyl (C=O) groups is 3. The molecule has 0 bridgehead atoms. The van der Waals surface area contributed by atoms with Gasteiger partial charge in [0.05, 0.1) is 13.0 Å². The third-order valence-corrected chi connectivity index (χ3v) is 10.8. The number of unbranched alkanes of at least 4 members (excludes halogenated alkanes) is 13. The van der Waals surface area contributed by atoms with Crippen LogP contribution in [0.3, 0.4) is 0 Å². The van der Waals surface area contributed by atoms with E-state index in [1.807, 2.05) is 36.4 Å². The summed E-state index contributed by atoms with van der Waals surface area (Å²) in [6.45, 7) is 1.56. The lowest BCUT2D eigenvalue weighted by Gasteiger charge is -2.43. The zero-order valence-electron chi connectivity index (χ0n) is 34.2. The zero-order chi connectivity index (χ0) is 41.6. The predicted octanol–water partition coefficient (Wildman–Crippen LogP) is 8.29. The van der Waals surface area contributed by atoms with Crippen LogP contribution in [0.2, 0.25) is 0 Å². The maximum Gasteiger partial charge on any atom is 0.306 e. The maximum absolute atomic E-state index is 13.7. The molecule has 326 valence electrons. The fraction of sp³-hybridized carbons (Fsp3) is 0.659. The van der Waals surface area contributed by atoms with Crippen LogP contribution >= 0.6 is 12.3 Å². The van der Waals surface area contributed by atoms with Gasteiger partial charge in [-0.2, -0.15) is 0 Å². The van der Waals surface area contributed by atoms with Crippen molar-refractivity contribution in [3.8, 4) is 0 Å². The van der Waals surface area contributed by atoms with Crippen LogP contribution in [-0.4, -0.2) is 76.7 Å². The fourth-order valence-corrected chi connectivity index (χ4v) is 7.57. The highest BCUT2D eigenvalue weighted by molar-refractivity contribution is 7.89. The first-order valence-electron chi connectivity index (χ1n) is 21.3. The SMILES string of the molecule is CCCCCCCCCCC[C@@H](CC(=O)N[C@H]1C(O)O[C@H](CO)[C@@H](OSOOO)[C@@H]1OC(=O)CCc1ccccc1)OC(=O)CCCCCCCCc1ccccc1. The summed E-state index contributed by atoms with van der Waals surface area (Å²) >= 11 is 0.184. The molecule has 1 aliphatic rings. The first-order valence-corrected chi connectivity index (χ1v) is 22.0. The van der Waals surface area contributed by atoms with E-state index in [4.69, 9.17) is 23.7 Å². The highest BCUT2D eigenvalue weighted by atomic mass is 32.2. The van der Waals surface area contributed by atoms with Gasteiger partial charge in [-0.3, -0.25) is 18.6 Å². The van der Waals surface area contributed by atoms with E-state index in [0.717, 1.165) is 69.8 Å². The summed E-state index contributed by atoms with van der Waals surface area (Å²) in [5, 5.41) is 36.0. The van der Waals surface area contributed by atoms with Crippen LogP contribution in [-0.2, 0) is 55.0 Å². The van der Waals surface area contributed by atoms with Crippen molar-refractivity contribution in [2.45, 2.75) is 179 Å². The summed E-state index contributed by atoms with van der Waals surface area (Å²) in [7, 11) is 0. The topological polar surface area (TPSA) is 179 Å². The Bertz CT molecular complexity index is 1370. The number of aryl methyl sites for hydroxylation is 2. The van der Waals surface area contributed by atoms with Gasteiger partial charge in [0.2, 0.25) is 5.91 Å². The molecule has 14 heteroatoms. The average Bonchev–Trinajstić information content (AvgIpc) is 3.23. The minimum absolute atomic E-state index is 0.0247. The molecule has 1 fully saturated rings. The largest absolute Gasteiger partial charge is 0.462 e. The number of amides is 1. The molecule has 3 rings (SSSR count). The van der Waals surface area contributed by atoms with Gasteiger partial charge in [-0.25, -0.2) is 5.26 Å². The Labute approximate surface area is 349 Å². The molecule has 2 aromatic carbocycles. The number of aliphatic hydroxyl groups is 2. The quantitative estimate of drug-likeness (QED) is 0.0182. The highest BCUT2D eigenvalue weighted by Crippen LogP contribution is 2.29. The van der Waals surface area contributed by atoms with Crippen molar-refractivity contribution in [3.05, 3.63) is 71.8 Å². The standard InChI is InChI=1S/C44H67NO12S/c1-2-3-4-5-6-7-8-12-21-28-36(52-39(48)29-22-13-10-9-11-16-23-34-24-17-14-18-25-34)32-38(47)45-41-43(54-40(49)31-30-35-26-19-15-20-27-35)42(55-58-57-56-51)37(33-46)53-44(41)50/h14-15,17-20,24-27,36-37,41-44,46,50-51H,2-13,16,21-23,28-33H2,1H3,(H,45,47)/t36-,37+,41+,42+,43+,44?/m0/s1. The Kier molecular flexibility index (Phi) is 26.2. The fourth-order valence-electron chi connectivity index (χ4n) is 7.18. The number of esters is 2. The molecule has 6 atom stereocenters. The Morgan fingerprint density at radius 2 is 1.33 bits per heavy atom. The summed E-state index contributed by atoms with van der Waals surface area (Å²) in [5.41, 5.74) is 2.26. The lowest BCUT2D eigenvalue weighted by atomic mass is 9.96. The number of nitrogens with one attached hydrogen (secondary N) is 1.